The highest BCUT2D eigenvalue weighted by molar-refractivity contribution is 7.15. The van der Waals surface area contributed by atoms with Gasteiger partial charge in [0, 0.05) is 17.5 Å². The van der Waals surface area contributed by atoms with E-state index in [0.717, 1.165) is 43.6 Å². The summed E-state index contributed by atoms with van der Waals surface area (Å²) >= 11 is 1.50. The minimum Gasteiger partial charge on any atom is -0.423 e. The molecule has 1 amide bonds. The summed E-state index contributed by atoms with van der Waals surface area (Å²) in [7, 11) is -1.42. The van der Waals surface area contributed by atoms with Gasteiger partial charge in [0.05, 0.1) is 12.2 Å². The maximum Gasteiger partial charge on any atom is 0.488 e. The van der Waals surface area contributed by atoms with Crippen molar-refractivity contribution in [2.45, 2.75) is 63.9 Å². The molecular formula is C24H31BN2O4S. The largest absolute Gasteiger partial charge is 0.488 e. The number of fused-ring (bicyclic) bond motifs is 5. The number of carbonyl (C=O) groups excluding carboxylic acids is 1. The van der Waals surface area contributed by atoms with Crippen molar-refractivity contribution in [3.05, 3.63) is 40.4 Å². The van der Waals surface area contributed by atoms with E-state index in [1.165, 1.54) is 22.5 Å². The van der Waals surface area contributed by atoms with Gasteiger partial charge in [-0.2, -0.15) is 0 Å². The van der Waals surface area contributed by atoms with E-state index in [4.69, 9.17) is 4.74 Å². The molecule has 1 aromatic carbocycles. The van der Waals surface area contributed by atoms with Crippen LogP contribution in [0.25, 0.3) is 0 Å². The normalized spacial score (nSPS) is 30.9. The predicted molar refractivity (Wildman–Crippen MR) is 126 cm³/mol. The maximum atomic E-state index is 12.5. The number of aromatic nitrogens is 1. The molecule has 1 saturated carbocycles. The zero-order valence-corrected chi connectivity index (χ0v) is 19.5. The van der Waals surface area contributed by atoms with E-state index >= 15 is 0 Å². The van der Waals surface area contributed by atoms with E-state index < -0.39 is 7.12 Å². The minimum absolute atomic E-state index is 0.0318. The van der Waals surface area contributed by atoms with Gasteiger partial charge in [-0.15, -0.1) is 11.3 Å². The number of ether oxygens (including phenoxy) is 1. The third-order valence-electron chi connectivity index (χ3n) is 7.99. The molecule has 5 atom stereocenters. The molecule has 3 unspecified atom stereocenters. The van der Waals surface area contributed by atoms with Gasteiger partial charge in [-0.25, -0.2) is 4.98 Å². The van der Waals surface area contributed by atoms with Crippen molar-refractivity contribution < 1.29 is 19.6 Å². The van der Waals surface area contributed by atoms with Crippen molar-refractivity contribution in [3.63, 3.8) is 0 Å². The zero-order valence-electron chi connectivity index (χ0n) is 18.7. The average molecular weight is 454 g/mol. The van der Waals surface area contributed by atoms with E-state index in [9.17, 15) is 14.8 Å². The van der Waals surface area contributed by atoms with Crippen LogP contribution in [0.4, 0.5) is 5.13 Å². The highest BCUT2D eigenvalue weighted by atomic mass is 32.1. The fourth-order valence-corrected chi connectivity index (χ4v) is 7.25. The first-order chi connectivity index (χ1) is 15.3. The van der Waals surface area contributed by atoms with Gasteiger partial charge >= 0.3 is 7.12 Å². The van der Waals surface area contributed by atoms with Crippen LogP contribution in [-0.4, -0.2) is 40.3 Å². The topological polar surface area (TPSA) is 91.7 Å². The molecule has 8 heteroatoms. The third-order valence-corrected chi connectivity index (χ3v) is 8.82. The van der Waals surface area contributed by atoms with Gasteiger partial charge < -0.3 is 20.1 Å². The molecule has 32 heavy (non-hydrogen) atoms. The number of benzene rings is 1. The van der Waals surface area contributed by atoms with Crippen LogP contribution in [0.2, 0.25) is 0 Å². The molecule has 2 heterocycles. The first-order valence-electron chi connectivity index (χ1n) is 11.7. The molecule has 0 bridgehead atoms. The molecule has 2 fully saturated rings. The van der Waals surface area contributed by atoms with E-state index in [2.05, 4.69) is 23.3 Å². The van der Waals surface area contributed by atoms with Crippen molar-refractivity contribution in [2.24, 2.45) is 17.8 Å². The molecule has 1 saturated heterocycles. The fourth-order valence-electron chi connectivity index (χ4n) is 6.57. The Hall–Kier alpha value is -1.74. The number of carbonyl (C=O) groups is 1. The predicted octanol–water partition coefficient (Wildman–Crippen LogP) is 3.01. The van der Waals surface area contributed by atoms with Crippen molar-refractivity contribution in [3.8, 4) is 0 Å². The highest BCUT2D eigenvalue weighted by Crippen LogP contribution is 2.58. The molecule has 3 aliphatic rings. The number of rotatable bonds is 5. The van der Waals surface area contributed by atoms with E-state index in [-0.39, 0.29) is 11.5 Å². The monoisotopic (exact) mass is 454 g/mol. The summed E-state index contributed by atoms with van der Waals surface area (Å²) < 4.78 is 6.39. The van der Waals surface area contributed by atoms with Crippen LogP contribution < -0.4 is 10.8 Å². The molecule has 0 radical (unpaired) electrons. The van der Waals surface area contributed by atoms with Crippen molar-refractivity contribution in [1.29, 1.82) is 0 Å². The van der Waals surface area contributed by atoms with Crippen molar-refractivity contribution >= 4 is 35.0 Å². The van der Waals surface area contributed by atoms with E-state index in [1.54, 1.807) is 6.20 Å². The summed E-state index contributed by atoms with van der Waals surface area (Å²) in [5.74, 6) is 1.90. The minimum atomic E-state index is -1.42. The van der Waals surface area contributed by atoms with Gasteiger partial charge in [-0.05, 0) is 86.2 Å². The maximum absolute atomic E-state index is 12.5. The molecule has 2 aromatic rings. The Balaban J connectivity index is 1.30. The molecule has 6 nitrogen and oxygen atoms in total. The molecule has 1 aromatic heterocycles. The third kappa shape index (κ3) is 4.02. The number of nitrogens with one attached hydrogen (secondary N) is 1. The number of amides is 1. The number of nitrogens with zero attached hydrogens (tertiary/aromatic N) is 1. The Morgan fingerprint density at radius 2 is 2.22 bits per heavy atom. The lowest BCUT2D eigenvalue weighted by Gasteiger charge is -2.49. The zero-order chi connectivity index (χ0) is 22.5. The van der Waals surface area contributed by atoms with Gasteiger partial charge in [0.15, 0.2) is 5.13 Å². The van der Waals surface area contributed by atoms with Gasteiger partial charge in [0.2, 0.25) is 5.91 Å². The van der Waals surface area contributed by atoms with Gasteiger partial charge in [0.1, 0.15) is 0 Å². The second-order valence-electron chi connectivity index (χ2n) is 9.95. The number of hydrogen-bond acceptors (Lipinski definition) is 6. The van der Waals surface area contributed by atoms with Crippen molar-refractivity contribution in [1.82, 2.24) is 4.98 Å². The lowest BCUT2D eigenvalue weighted by molar-refractivity contribution is -0.116. The molecule has 3 N–H and O–H groups in total. The molecule has 5 rings (SSSR count). The van der Waals surface area contributed by atoms with Crippen LogP contribution in [0.1, 0.15) is 60.9 Å². The number of hydrogen-bond donors (Lipinski definition) is 3. The average Bonchev–Trinajstić information content (AvgIpc) is 3.33. The lowest BCUT2D eigenvalue weighted by Crippen LogP contribution is -2.47. The van der Waals surface area contributed by atoms with Gasteiger partial charge in [-0.3, -0.25) is 4.79 Å². The van der Waals surface area contributed by atoms with Crippen LogP contribution in [-0.2, 0) is 16.0 Å². The van der Waals surface area contributed by atoms with E-state index in [0.29, 0.717) is 40.7 Å². The molecular weight excluding hydrogens is 423 g/mol. The summed E-state index contributed by atoms with van der Waals surface area (Å²) in [4.78, 5) is 17.8. The molecule has 2 aliphatic carbocycles. The summed E-state index contributed by atoms with van der Waals surface area (Å²) in [6, 6.07) is 5.93. The Kier molecular flexibility index (Phi) is 5.90. The summed E-state index contributed by atoms with van der Waals surface area (Å²) in [6.45, 7) is 4.99. The fraction of sp³-hybridized carbons (Fsp3) is 0.583. The highest BCUT2D eigenvalue weighted by Gasteiger charge is 2.55. The Bertz CT molecular complexity index is 1010. The second-order valence-corrected chi connectivity index (χ2v) is 11.2. The Labute approximate surface area is 193 Å². The van der Waals surface area contributed by atoms with Crippen LogP contribution in [0.5, 0.6) is 0 Å². The lowest BCUT2D eigenvalue weighted by atomic mass is 9.56. The number of anilines is 1. The van der Waals surface area contributed by atoms with Crippen molar-refractivity contribution in [2.75, 3.05) is 11.9 Å². The number of thiazole rings is 1. The second kappa shape index (κ2) is 8.56. The van der Waals surface area contributed by atoms with Gasteiger partial charge in [-0.1, -0.05) is 18.2 Å². The summed E-state index contributed by atoms with van der Waals surface area (Å²) in [5, 5.41) is 22.7. The molecule has 1 aliphatic heterocycles. The first kappa shape index (κ1) is 22.1. The summed E-state index contributed by atoms with van der Waals surface area (Å²) in [6.07, 6.45) is 7.29. The van der Waals surface area contributed by atoms with Gasteiger partial charge in [0.25, 0.3) is 0 Å². The Morgan fingerprint density at radius 3 is 2.97 bits per heavy atom. The first-order valence-corrected chi connectivity index (χ1v) is 12.5. The quantitative estimate of drug-likeness (QED) is 0.605. The van der Waals surface area contributed by atoms with Crippen LogP contribution in [0.3, 0.4) is 0 Å². The van der Waals surface area contributed by atoms with Crippen LogP contribution in [0.15, 0.2) is 24.4 Å². The Morgan fingerprint density at radius 1 is 1.38 bits per heavy atom. The molecule has 0 spiro atoms. The smallest absolute Gasteiger partial charge is 0.423 e. The standard InChI is InChI=1S/C24H31BN2O4S/c1-14-12-26-23(32-14)27-21(28)8-4-16-13-31-24(2)10-9-19-18-7-5-17(25(29)30)11-15(18)3-6-20(19)22(16)24/h5,7,11-12,16,19-20,22,29-30H,3-4,6,8-10,13H2,1-2H3,(H,26,27,28)/t16-,19?,20?,22?,24+/m1/s1. The molecule has 170 valence electrons. The van der Waals surface area contributed by atoms with Crippen LogP contribution >= 0.6 is 11.3 Å². The van der Waals surface area contributed by atoms with Crippen LogP contribution in [0, 0.1) is 24.7 Å². The van der Waals surface area contributed by atoms with E-state index in [1.807, 2.05) is 19.1 Å². The number of aryl methyl sites for hydroxylation is 2. The SMILES string of the molecule is Cc1cnc(NC(=O)CC[C@@H]2CO[C@@]3(C)CCC4c5ccc(B(O)O)cc5CCC4C23)s1. The summed E-state index contributed by atoms with van der Waals surface area (Å²) in [5.41, 5.74) is 3.10.